The van der Waals surface area contributed by atoms with Crippen LogP contribution in [0.1, 0.15) is 38.1 Å². The Morgan fingerprint density at radius 1 is 1.04 bits per heavy atom. The third-order valence-electron chi connectivity index (χ3n) is 9.43. The number of aliphatic hydroxyl groups is 1. The van der Waals surface area contributed by atoms with Gasteiger partial charge in [0.05, 0.1) is 36.8 Å². The Morgan fingerprint density at radius 2 is 1.79 bits per heavy atom. The van der Waals surface area contributed by atoms with E-state index in [1.807, 2.05) is 44.2 Å². The number of fused-ring (bicyclic) bond motifs is 1. The maximum absolute atomic E-state index is 14.0. The van der Waals surface area contributed by atoms with E-state index >= 15 is 0 Å². The van der Waals surface area contributed by atoms with Gasteiger partial charge < -0.3 is 28.5 Å². The van der Waals surface area contributed by atoms with E-state index in [2.05, 4.69) is 4.98 Å². The van der Waals surface area contributed by atoms with Crippen molar-refractivity contribution in [2.24, 2.45) is 29.6 Å². The van der Waals surface area contributed by atoms with Gasteiger partial charge in [-0.25, -0.2) is 13.4 Å². The quantitative estimate of drug-likeness (QED) is 0.234. The normalized spacial score (nSPS) is 24.9. The summed E-state index contributed by atoms with van der Waals surface area (Å²) in [5, 5.41) is 11.7. The SMILES string of the molecule is COCc1ncc(-c2ccc(S(=O)(=O)N(CC(C)C)C[C@@H](O)[C@@H](CC(=O)OC3C4COC5OCC3C5C4)Cc3ccccc3)cc2)o1. The molecule has 5 unspecified atom stereocenters. The van der Waals surface area contributed by atoms with Crippen LogP contribution in [0.4, 0.5) is 0 Å². The zero-order chi connectivity index (χ0) is 33.1. The van der Waals surface area contributed by atoms with Gasteiger partial charge in [-0.2, -0.15) is 4.31 Å². The zero-order valence-electron chi connectivity index (χ0n) is 27.1. The first-order valence-corrected chi connectivity index (χ1v) is 17.7. The predicted octanol–water partition coefficient (Wildman–Crippen LogP) is 4.30. The molecule has 47 heavy (non-hydrogen) atoms. The van der Waals surface area contributed by atoms with E-state index in [-0.39, 0.29) is 67.1 Å². The number of oxazole rings is 1. The Kier molecular flexibility index (Phi) is 10.5. The molecule has 1 saturated carbocycles. The molecule has 0 spiro atoms. The fourth-order valence-corrected chi connectivity index (χ4v) is 8.76. The van der Waals surface area contributed by atoms with Crippen molar-refractivity contribution in [3.8, 4) is 11.3 Å². The van der Waals surface area contributed by atoms with Gasteiger partial charge in [0.15, 0.2) is 12.1 Å². The Balaban J connectivity index is 1.18. The number of aromatic nitrogens is 1. The van der Waals surface area contributed by atoms with Crippen LogP contribution in [0.5, 0.6) is 0 Å². The second-order valence-electron chi connectivity index (χ2n) is 13.3. The largest absolute Gasteiger partial charge is 0.462 e. The molecule has 3 fully saturated rings. The van der Waals surface area contributed by atoms with Crippen LogP contribution >= 0.6 is 0 Å². The van der Waals surface area contributed by atoms with Crippen LogP contribution in [0.3, 0.4) is 0 Å². The molecule has 1 aromatic heterocycles. The predicted molar refractivity (Wildman–Crippen MR) is 171 cm³/mol. The Bertz CT molecular complexity index is 1590. The van der Waals surface area contributed by atoms with Crippen LogP contribution < -0.4 is 0 Å². The van der Waals surface area contributed by atoms with Gasteiger partial charge in [0.2, 0.25) is 15.9 Å². The molecule has 2 aliphatic heterocycles. The highest BCUT2D eigenvalue weighted by molar-refractivity contribution is 7.89. The minimum Gasteiger partial charge on any atom is -0.462 e. The molecule has 0 radical (unpaired) electrons. The van der Waals surface area contributed by atoms with E-state index in [9.17, 15) is 18.3 Å². The lowest BCUT2D eigenvalue weighted by atomic mass is 9.90. The number of benzene rings is 2. The highest BCUT2D eigenvalue weighted by Crippen LogP contribution is 2.49. The number of hydrogen-bond acceptors (Lipinski definition) is 10. The maximum atomic E-state index is 14.0. The van der Waals surface area contributed by atoms with E-state index in [1.54, 1.807) is 25.4 Å². The van der Waals surface area contributed by atoms with Crippen molar-refractivity contribution in [1.29, 1.82) is 0 Å². The van der Waals surface area contributed by atoms with Gasteiger partial charge in [-0.15, -0.1) is 0 Å². The first kappa shape index (κ1) is 33.8. The number of methoxy groups -OCH3 is 1. The van der Waals surface area contributed by atoms with E-state index in [1.165, 1.54) is 16.4 Å². The minimum atomic E-state index is -4.00. The first-order valence-electron chi connectivity index (χ1n) is 16.3. The highest BCUT2D eigenvalue weighted by Gasteiger charge is 2.56. The number of nitrogens with zero attached hydrogens (tertiary/aromatic N) is 2. The molecule has 2 aromatic carbocycles. The summed E-state index contributed by atoms with van der Waals surface area (Å²) >= 11 is 0. The fraction of sp³-hybridized carbons (Fsp3) is 0.543. The van der Waals surface area contributed by atoms with Crippen LogP contribution in [0.25, 0.3) is 11.3 Å². The van der Waals surface area contributed by atoms with Gasteiger partial charge >= 0.3 is 5.97 Å². The molecule has 3 aliphatic rings. The average Bonchev–Trinajstić information content (AvgIpc) is 3.76. The summed E-state index contributed by atoms with van der Waals surface area (Å²) in [6.45, 7) is 5.12. The van der Waals surface area contributed by atoms with Crippen LogP contribution in [0.15, 0.2) is 70.1 Å². The molecule has 12 heteroatoms. The van der Waals surface area contributed by atoms with E-state index in [4.69, 9.17) is 23.4 Å². The van der Waals surface area contributed by atoms with Crippen molar-refractivity contribution in [2.45, 2.75) is 63.1 Å². The van der Waals surface area contributed by atoms with E-state index < -0.39 is 28.0 Å². The van der Waals surface area contributed by atoms with Gasteiger partial charge in [-0.05, 0) is 48.6 Å². The molecule has 3 heterocycles. The lowest BCUT2D eigenvalue weighted by Crippen LogP contribution is -2.43. The maximum Gasteiger partial charge on any atom is 0.306 e. The molecule has 6 rings (SSSR count). The Hall–Kier alpha value is -3.13. The third kappa shape index (κ3) is 7.63. The van der Waals surface area contributed by atoms with Crippen LogP contribution in [0, 0.1) is 29.6 Å². The standard InChI is InChI=1S/C35H44N2O9S/c1-22(2)17-37(47(40,41)27-11-9-24(10-12-27)31-16-36-32(45-31)21-42-3)18-30(38)25(13-23-7-5-4-6-8-23)15-33(39)46-34-26-14-28-29(34)20-44-35(28)43-19-26/h4-12,16,22,25-26,28-30,34-35,38H,13-15,17-21H2,1-3H3/t25-,26?,28?,29?,30-,34?,35?/m1/s1. The van der Waals surface area contributed by atoms with Crippen LogP contribution in [-0.4, -0.2) is 80.7 Å². The topological polar surface area (TPSA) is 138 Å². The molecule has 7 atom stereocenters. The summed E-state index contributed by atoms with van der Waals surface area (Å²) in [6.07, 6.45) is 1.20. The second-order valence-corrected chi connectivity index (χ2v) is 15.3. The number of carbonyl (C=O) groups is 1. The average molecular weight is 669 g/mol. The van der Waals surface area contributed by atoms with Crippen molar-refractivity contribution >= 4 is 16.0 Å². The minimum absolute atomic E-state index is 0.0106. The molecule has 3 aromatic rings. The smallest absolute Gasteiger partial charge is 0.306 e. The number of esters is 1. The van der Waals surface area contributed by atoms with Crippen LogP contribution in [-0.2, 0) is 46.8 Å². The van der Waals surface area contributed by atoms with E-state index in [0.717, 1.165) is 12.0 Å². The monoisotopic (exact) mass is 668 g/mol. The number of ether oxygens (including phenoxy) is 4. The van der Waals surface area contributed by atoms with Crippen molar-refractivity contribution in [1.82, 2.24) is 9.29 Å². The third-order valence-corrected chi connectivity index (χ3v) is 11.3. The molecule has 2 saturated heterocycles. The number of sulfonamides is 1. The van der Waals surface area contributed by atoms with E-state index in [0.29, 0.717) is 36.8 Å². The molecule has 11 nitrogen and oxygen atoms in total. The molecule has 0 amide bonds. The molecule has 1 aliphatic carbocycles. The summed E-state index contributed by atoms with van der Waals surface area (Å²) in [5.74, 6) is 0.430. The lowest BCUT2D eigenvalue weighted by molar-refractivity contribution is -0.178. The number of carbonyl (C=O) groups excluding carboxylic acids is 1. The molecule has 1 N–H and O–H groups in total. The Labute approximate surface area is 276 Å². The molecular weight excluding hydrogens is 624 g/mol. The summed E-state index contributed by atoms with van der Waals surface area (Å²) in [5.41, 5.74) is 1.62. The second kappa shape index (κ2) is 14.6. The highest BCUT2D eigenvalue weighted by atomic mass is 32.2. The van der Waals surface area contributed by atoms with Gasteiger partial charge in [0.1, 0.15) is 12.7 Å². The fourth-order valence-electron chi connectivity index (χ4n) is 7.13. The zero-order valence-corrected chi connectivity index (χ0v) is 27.9. The molecule has 254 valence electrons. The van der Waals surface area contributed by atoms with Crippen molar-refractivity contribution in [2.75, 3.05) is 33.4 Å². The number of aliphatic hydroxyl groups excluding tert-OH is 1. The summed E-state index contributed by atoms with van der Waals surface area (Å²) in [7, 11) is -2.45. The van der Waals surface area contributed by atoms with Crippen molar-refractivity contribution < 1.29 is 41.7 Å². The first-order chi connectivity index (χ1) is 22.6. The summed E-state index contributed by atoms with van der Waals surface area (Å²) in [4.78, 5) is 17.7. The summed E-state index contributed by atoms with van der Waals surface area (Å²) in [6, 6.07) is 16.0. The number of rotatable bonds is 15. The van der Waals surface area contributed by atoms with Gasteiger partial charge in [0.25, 0.3) is 0 Å². The van der Waals surface area contributed by atoms with Gasteiger partial charge in [0, 0.05) is 49.4 Å². The Morgan fingerprint density at radius 3 is 2.51 bits per heavy atom. The molecular formula is C35H44N2O9S. The van der Waals surface area contributed by atoms with Crippen LogP contribution in [0.2, 0.25) is 0 Å². The molecule has 2 bridgehead atoms. The lowest BCUT2D eigenvalue weighted by Gasteiger charge is -2.31. The number of hydrogen-bond donors (Lipinski definition) is 1. The van der Waals surface area contributed by atoms with Gasteiger partial charge in [-0.1, -0.05) is 44.2 Å². The van der Waals surface area contributed by atoms with Crippen molar-refractivity contribution in [3.63, 3.8) is 0 Å². The van der Waals surface area contributed by atoms with Gasteiger partial charge in [-0.3, -0.25) is 4.79 Å². The summed E-state index contributed by atoms with van der Waals surface area (Å²) < 4.78 is 57.7. The van der Waals surface area contributed by atoms with Crippen molar-refractivity contribution in [3.05, 3.63) is 72.2 Å².